The number of nitrogens with zero attached hydrogens (tertiary/aromatic N) is 3. The van der Waals surface area contributed by atoms with Crippen molar-refractivity contribution in [3.63, 3.8) is 0 Å². The van der Waals surface area contributed by atoms with Gasteiger partial charge in [-0.3, -0.25) is 4.68 Å². The Morgan fingerprint density at radius 3 is 2.79 bits per heavy atom. The van der Waals surface area contributed by atoms with Crippen LogP contribution in [0.4, 0.5) is 0 Å². The molecule has 0 bridgehead atoms. The molecule has 0 fully saturated rings. The Bertz CT molecular complexity index is 260. The van der Waals surface area contributed by atoms with Gasteiger partial charge in [0.2, 0.25) is 0 Å². The number of aryl methyl sites for hydroxylation is 1. The summed E-state index contributed by atoms with van der Waals surface area (Å²) >= 11 is 5.70. The van der Waals surface area contributed by atoms with Crippen LogP contribution in [-0.4, -0.2) is 40.2 Å². The second-order valence-corrected chi connectivity index (χ2v) is 3.77. The Hall–Kier alpha value is -0.540. The van der Waals surface area contributed by atoms with Gasteiger partial charge >= 0.3 is 0 Å². The normalized spacial score (nSPS) is 11.1. The summed E-state index contributed by atoms with van der Waals surface area (Å²) in [7, 11) is 1.94. The summed E-state index contributed by atoms with van der Waals surface area (Å²) in [5.74, 6) is 0.709. The summed E-state index contributed by atoms with van der Waals surface area (Å²) < 4.78 is 1.84. The maximum atomic E-state index is 5.70. The molecule has 0 aliphatic carbocycles. The topological polar surface area (TPSA) is 21.1 Å². The van der Waals surface area contributed by atoms with Crippen molar-refractivity contribution in [2.45, 2.75) is 13.3 Å². The molecule has 0 atom stereocenters. The molecule has 3 nitrogen and oxygen atoms in total. The average molecular weight is 216 g/mol. The van der Waals surface area contributed by atoms with Crippen LogP contribution in [0.2, 0.25) is 0 Å². The molecule has 0 N–H and O–H groups in total. The van der Waals surface area contributed by atoms with Crippen LogP contribution in [0.5, 0.6) is 0 Å². The molecule has 0 unspecified atom stereocenters. The van der Waals surface area contributed by atoms with Crippen molar-refractivity contribution in [3.05, 3.63) is 18.0 Å². The van der Waals surface area contributed by atoms with Crippen molar-refractivity contribution in [1.29, 1.82) is 0 Å². The maximum absolute atomic E-state index is 5.70. The third kappa shape index (κ3) is 3.68. The van der Waals surface area contributed by atoms with E-state index in [9.17, 15) is 0 Å². The minimum Gasteiger partial charge on any atom is -0.302 e. The molecular formula is C10H18ClN3. The van der Waals surface area contributed by atoms with E-state index >= 15 is 0 Å². The molecule has 0 amide bonds. The Balaban J connectivity index is 2.31. The van der Waals surface area contributed by atoms with Crippen LogP contribution in [0.3, 0.4) is 0 Å². The maximum Gasteiger partial charge on any atom is 0.0522 e. The molecule has 0 radical (unpaired) electrons. The fraction of sp³-hybridized carbons (Fsp3) is 0.700. The van der Waals surface area contributed by atoms with Gasteiger partial charge in [-0.1, -0.05) is 6.92 Å². The van der Waals surface area contributed by atoms with Gasteiger partial charge in [0, 0.05) is 32.2 Å². The van der Waals surface area contributed by atoms with Crippen molar-refractivity contribution in [3.8, 4) is 0 Å². The second kappa shape index (κ2) is 6.04. The van der Waals surface area contributed by atoms with Gasteiger partial charge in [-0.25, -0.2) is 0 Å². The Morgan fingerprint density at radius 1 is 1.50 bits per heavy atom. The third-order valence-corrected chi connectivity index (χ3v) is 2.49. The number of aromatic nitrogens is 2. The zero-order valence-corrected chi connectivity index (χ0v) is 9.67. The first-order valence-corrected chi connectivity index (χ1v) is 5.55. The molecule has 0 aliphatic heterocycles. The van der Waals surface area contributed by atoms with Crippen molar-refractivity contribution >= 4 is 11.6 Å². The largest absolute Gasteiger partial charge is 0.302 e. The van der Waals surface area contributed by atoms with E-state index in [1.54, 1.807) is 0 Å². The average Bonchev–Trinajstić information content (AvgIpc) is 2.59. The summed E-state index contributed by atoms with van der Waals surface area (Å²) in [4.78, 5) is 2.35. The highest BCUT2D eigenvalue weighted by Crippen LogP contribution is 2.00. The molecular weight excluding hydrogens is 198 g/mol. The van der Waals surface area contributed by atoms with E-state index in [-0.39, 0.29) is 0 Å². The highest BCUT2D eigenvalue weighted by molar-refractivity contribution is 6.18. The molecule has 80 valence electrons. The molecule has 1 heterocycles. The minimum atomic E-state index is 0.709. The molecule has 1 aromatic heterocycles. The van der Waals surface area contributed by atoms with Crippen molar-refractivity contribution in [1.82, 2.24) is 14.7 Å². The van der Waals surface area contributed by atoms with Crippen LogP contribution in [0.15, 0.2) is 12.4 Å². The van der Waals surface area contributed by atoms with E-state index < -0.39 is 0 Å². The van der Waals surface area contributed by atoms with Gasteiger partial charge in [-0.2, -0.15) is 5.10 Å². The monoisotopic (exact) mass is 215 g/mol. The smallest absolute Gasteiger partial charge is 0.0522 e. The lowest BCUT2D eigenvalue weighted by Crippen LogP contribution is -2.27. The van der Waals surface area contributed by atoms with E-state index in [0.717, 1.165) is 26.1 Å². The van der Waals surface area contributed by atoms with Crippen molar-refractivity contribution in [2.75, 3.05) is 25.5 Å². The van der Waals surface area contributed by atoms with Crippen LogP contribution in [0, 0.1) is 0 Å². The van der Waals surface area contributed by atoms with Gasteiger partial charge in [0.15, 0.2) is 0 Å². The predicted molar refractivity (Wildman–Crippen MR) is 59.7 cm³/mol. The predicted octanol–water partition coefficient (Wildman–Crippen LogP) is 1.52. The minimum absolute atomic E-state index is 0.709. The fourth-order valence-corrected chi connectivity index (χ4v) is 1.67. The number of rotatable bonds is 6. The highest BCUT2D eigenvalue weighted by atomic mass is 35.5. The Labute approximate surface area is 90.7 Å². The SMILES string of the molecule is CCN(CCCl)CCc1cnn(C)c1. The van der Waals surface area contributed by atoms with Crippen LogP contribution in [0.25, 0.3) is 0 Å². The molecule has 14 heavy (non-hydrogen) atoms. The Morgan fingerprint density at radius 2 is 2.29 bits per heavy atom. The van der Waals surface area contributed by atoms with Gasteiger partial charge in [-0.15, -0.1) is 11.6 Å². The molecule has 0 saturated heterocycles. The lowest BCUT2D eigenvalue weighted by atomic mass is 10.2. The van der Waals surface area contributed by atoms with Gasteiger partial charge in [0.05, 0.1) is 6.20 Å². The Kier molecular flexibility index (Phi) is 4.98. The summed E-state index contributed by atoms with van der Waals surface area (Å²) in [5, 5.41) is 4.14. The molecule has 0 saturated carbocycles. The third-order valence-electron chi connectivity index (χ3n) is 2.32. The summed E-state index contributed by atoms with van der Waals surface area (Å²) in [5.41, 5.74) is 1.29. The first-order chi connectivity index (χ1) is 6.76. The van der Waals surface area contributed by atoms with Crippen molar-refractivity contribution in [2.24, 2.45) is 7.05 Å². The van der Waals surface area contributed by atoms with Crippen LogP contribution < -0.4 is 0 Å². The van der Waals surface area contributed by atoms with E-state index in [0.29, 0.717) is 5.88 Å². The molecule has 0 spiro atoms. The standard InChI is InChI=1S/C10H18ClN3/c1-3-14(7-5-11)6-4-10-8-12-13(2)9-10/h8-9H,3-7H2,1-2H3. The quantitative estimate of drug-likeness (QED) is 0.671. The summed E-state index contributed by atoms with van der Waals surface area (Å²) in [6, 6.07) is 0. The number of alkyl halides is 1. The van der Waals surface area contributed by atoms with E-state index in [1.807, 2.05) is 17.9 Å². The number of halogens is 1. The van der Waals surface area contributed by atoms with E-state index in [1.165, 1.54) is 5.56 Å². The lowest BCUT2D eigenvalue weighted by Gasteiger charge is -2.17. The number of hydrogen-bond acceptors (Lipinski definition) is 2. The second-order valence-electron chi connectivity index (χ2n) is 3.40. The number of likely N-dealkylation sites (N-methyl/N-ethyl adjacent to an activating group) is 1. The van der Waals surface area contributed by atoms with Gasteiger partial charge in [-0.05, 0) is 18.5 Å². The number of hydrogen-bond donors (Lipinski definition) is 0. The summed E-state index contributed by atoms with van der Waals surface area (Å²) in [6.07, 6.45) is 5.04. The molecule has 0 aromatic carbocycles. The molecule has 4 heteroatoms. The zero-order chi connectivity index (χ0) is 10.4. The van der Waals surface area contributed by atoms with Crippen LogP contribution in [0.1, 0.15) is 12.5 Å². The molecule has 1 rings (SSSR count). The first kappa shape index (κ1) is 11.5. The molecule has 1 aromatic rings. The van der Waals surface area contributed by atoms with E-state index in [4.69, 9.17) is 11.6 Å². The van der Waals surface area contributed by atoms with E-state index in [2.05, 4.69) is 23.1 Å². The van der Waals surface area contributed by atoms with Gasteiger partial charge in [0.1, 0.15) is 0 Å². The van der Waals surface area contributed by atoms with Crippen LogP contribution >= 0.6 is 11.6 Å². The van der Waals surface area contributed by atoms with Crippen molar-refractivity contribution < 1.29 is 0 Å². The lowest BCUT2D eigenvalue weighted by molar-refractivity contribution is 0.309. The van der Waals surface area contributed by atoms with Crippen LogP contribution in [-0.2, 0) is 13.5 Å². The highest BCUT2D eigenvalue weighted by Gasteiger charge is 2.02. The first-order valence-electron chi connectivity index (χ1n) is 5.02. The summed E-state index contributed by atoms with van der Waals surface area (Å²) in [6.45, 7) is 5.26. The van der Waals surface area contributed by atoms with Gasteiger partial charge < -0.3 is 4.90 Å². The molecule has 0 aliphatic rings. The van der Waals surface area contributed by atoms with Gasteiger partial charge in [0.25, 0.3) is 0 Å². The fourth-order valence-electron chi connectivity index (χ4n) is 1.44. The zero-order valence-electron chi connectivity index (χ0n) is 8.91.